The van der Waals surface area contributed by atoms with E-state index in [1.54, 1.807) is 0 Å². The maximum absolute atomic E-state index is 11.9. The molecule has 1 rings (SSSR count). The molecule has 0 aromatic rings. The molecule has 0 radical (unpaired) electrons. The van der Waals surface area contributed by atoms with Gasteiger partial charge in [0.25, 0.3) is 0 Å². The Morgan fingerprint density at radius 1 is 1.00 bits per heavy atom. The molecule has 1 heterocycles. The summed E-state index contributed by atoms with van der Waals surface area (Å²) in [5, 5.41) is 28.6. The van der Waals surface area contributed by atoms with Gasteiger partial charge in [-0.15, -0.1) is 0 Å². The highest BCUT2D eigenvalue weighted by molar-refractivity contribution is 5.69. The molecule has 0 aromatic heterocycles. The summed E-state index contributed by atoms with van der Waals surface area (Å²) in [5.74, 6) is -0.392. The van der Waals surface area contributed by atoms with Crippen molar-refractivity contribution in [2.24, 2.45) is 0 Å². The van der Waals surface area contributed by atoms with E-state index in [4.69, 9.17) is 9.47 Å². The zero-order valence-electron chi connectivity index (χ0n) is 16.3. The summed E-state index contributed by atoms with van der Waals surface area (Å²) in [7, 11) is 0. The summed E-state index contributed by atoms with van der Waals surface area (Å²) in [6.07, 6.45) is 9.72. The van der Waals surface area contributed by atoms with Gasteiger partial charge >= 0.3 is 5.97 Å². The summed E-state index contributed by atoms with van der Waals surface area (Å²) >= 11 is 0. The highest BCUT2D eigenvalue weighted by Gasteiger charge is 2.41. The Kier molecular flexibility index (Phi) is 12.9. The van der Waals surface area contributed by atoms with Crippen LogP contribution in [-0.2, 0) is 14.3 Å². The Morgan fingerprint density at radius 3 is 2.00 bits per heavy atom. The molecule has 0 aliphatic carbocycles. The SMILES string of the molecule is CCCCCCCCCCCCCC(=O)O[C@H](CO)C1OC[C@H](O)[C@H]1O. The molecule has 6 heteroatoms. The third-order valence-corrected chi connectivity index (χ3v) is 5.00. The summed E-state index contributed by atoms with van der Waals surface area (Å²) in [4.78, 5) is 11.9. The third-order valence-electron chi connectivity index (χ3n) is 5.00. The largest absolute Gasteiger partial charge is 0.457 e. The van der Waals surface area contributed by atoms with Gasteiger partial charge in [0.15, 0.2) is 6.10 Å². The molecule has 0 bridgehead atoms. The first kappa shape index (κ1) is 23.3. The Morgan fingerprint density at radius 2 is 1.54 bits per heavy atom. The van der Waals surface area contributed by atoms with Crippen LogP contribution in [-0.4, -0.2) is 58.9 Å². The summed E-state index contributed by atoms with van der Waals surface area (Å²) in [6, 6.07) is 0. The highest BCUT2D eigenvalue weighted by atomic mass is 16.6. The second kappa shape index (κ2) is 14.4. The zero-order valence-corrected chi connectivity index (χ0v) is 16.3. The number of carbonyl (C=O) groups excluding carboxylic acids is 1. The van der Waals surface area contributed by atoms with Crippen LogP contribution < -0.4 is 0 Å². The molecule has 0 saturated carbocycles. The van der Waals surface area contributed by atoms with Crippen molar-refractivity contribution in [1.82, 2.24) is 0 Å². The molecule has 154 valence electrons. The fourth-order valence-electron chi connectivity index (χ4n) is 3.32. The first-order chi connectivity index (χ1) is 12.6. The summed E-state index contributed by atoms with van der Waals surface area (Å²) in [6.45, 7) is 1.78. The molecule has 1 fully saturated rings. The molecule has 1 aliphatic rings. The number of ether oxygens (including phenoxy) is 2. The number of aliphatic hydroxyl groups is 3. The number of carbonyl (C=O) groups is 1. The molecule has 3 N–H and O–H groups in total. The monoisotopic (exact) mass is 374 g/mol. The standard InChI is InChI=1S/C20H38O6/c1-2-3-4-5-6-7-8-9-10-11-12-13-18(23)26-17(14-21)20-19(24)16(22)15-25-20/h16-17,19-22,24H,2-15H2,1H3/t16-,17+,19+,20?/m0/s1. The third kappa shape index (κ3) is 9.31. The van der Waals surface area contributed by atoms with Crippen molar-refractivity contribution in [3.05, 3.63) is 0 Å². The van der Waals surface area contributed by atoms with Gasteiger partial charge in [-0.2, -0.15) is 0 Å². The Bertz CT molecular complexity index is 362. The van der Waals surface area contributed by atoms with Gasteiger partial charge in [-0.1, -0.05) is 71.1 Å². The van der Waals surface area contributed by atoms with Crippen LogP contribution in [0.1, 0.15) is 84.0 Å². The topological polar surface area (TPSA) is 96.2 Å². The minimum Gasteiger partial charge on any atom is -0.457 e. The zero-order chi connectivity index (χ0) is 19.2. The van der Waals surface area contributed by atoms with E-state index in [1.807, 2.05) is 0 Å². The van der Waals surface area contributed by atoms with E-state index in [1.165, 1.54) is 51.4 Å². The van der Waals surface area contributed by atoms with Gasteiger partial charge in [0.1, 0.15) is 18.3 Å². The van der Waals surface area contributed by atoms with Crippen molar-refractivity contribution >= 4 is 5.97 Å². The lowest BCUT2D eigenvalue weighted by Gasteiger charge is -2.24. The normalized spacial score (nSPS) is 23.9. The van der Waals surface area contributed by atoms with Crippen LogP contribution in [0.15, 0.2) is 0 Å². The van der Waals surface area contributed by atoms with Crippen LogP contribution >= 0.6 is 0 Å². The lowest BCUT2D eigenvalue weighted by Crippen LogP contribution is -2.43. The number of unbranched alkanes of at least 4 members (excludes halogenated alkanes) is 10. The maximum Gasteiger partial charge on any atom is 0.306 e. The first-order valence-electron chi connectivity index (χ1n) is 10.4. The minimum atomic E-state index is -1.14. The summed E-state index contributed by atoms with van der Waals surface area (Å²) < 4.78 is 10.4. The molecular formula is C20H38O6. The van der Waals surface area contributed by atoms with Gasteiger partial charge < -0.3 is 24.8 Å². The van der Waals surface area contributed by atoms with E-state index < -0.39 is 37.0 Å². The molecule has 1 unspecified atom stereocenters. The van der Waals surface area contributed by atoms with E-state index >= 15 is 0 Å². The minimum absolute atomic E-state index is 0.0154. The van der Waals surface area contributed by atoms with Gasteiger partial charge in [0, 0.05) is 6.42 Å². The second-order valence-electron chi connectivity index (χ2n) is 7.35. The van der Waals surface area contributed by atoms with E-state index in [9.17, 15) is 20.1 Å². The number of hydrogen-bond donors (Lipinski definition) is 3. The summed E-state index contributed by atoms with van der Waals surface area (Å²) in [5.41, 5.74) is 0. The van der Waals surface area contributed by atoms with Crippen molar-refractivity contribution in [3.8, 4) is 0 Å². The van der Waals surface area contributed by atoms with E-state index in [0.29, 0.717) is 6.42 Å². The molecule has 1 aliphatic heterocycles. The molecule has 0 aromatic carbocycles. The quantitative estimate of drug-likeness (QED) is 0.301. The van der Waals surface area contributed by atoms with Crippen LogP contribution in [0.4, 0.5) is 0 Å². The highest BCUT2D eigenvalue weighted by Crippen LogP contribution is 2.20. The van der Waals surface area contributed by atoms with E-state index in [-0.39, 0.29) is 6.61 Å². The number of aliphatic hydroxyl groups excluding tert-OH is 3. The van der Waals surface area contributed by atoms with Gasteiger partial charge in [-0.05, 0) is 6.42 Å². The van der Waals surface area contributed by atoms with Gasteiger partial charge in [0.2, 0.25) is 0 Å². The van der Waals surface area contributed by atoms with Crippen molar-refractivity contribution < 1.29 is 29.6 Å². The predicted molar refractivity (Wildman–Crippen MR) is 99.8 cm³/mol. The van der Waals surface area contributed by atoms with Gasteiger partial charge in [-0.25, -0.2) is 0 Å². The van der Waals surface area contributed by atoms with Crippen LogP contribution in [0.5, 0.6) is 0 Å². The molecule has 26 heavy (non-hydrogen) atoms. The van der Waals surface area contributed by atoms with Gasteiger partial charge in [-0.3, -0.25) is 4.79 Å². The fourth-order valence-corrected chi connectivity index (χ4v) is 3.32. The fraction of sp³-hybridized carbons (Fsp3) is 0.950. The lowest BCUT2D eigenvalue weighted by atomic mass is 10.1. The van der Waals surface area contributed by atoms with Crippen molar-refractivity contribution in [2.75, 3.05) is 13.2 Å². The van der Waals surface area contributed by atoms with Crippen LogP contribution in [0.3, 0.4) is 0 Å². The van der Waals surface area contributed by atoms with Crippen LogP contribution in [0.25, 0.3) is 0 Å². The molecule has 4 atom stereocenters. The number of hydrogen-bond acceptors (Lipinski definition) is 6. The maximum atomic E-state index is 11.9. The smallest absolute Gasteiger partial charge is 0.306 e. The van der Waals surface area contributed by atoms with Crippen molar-refractivity contribution in [2.45, 2.75) is 108 Å². The molecule has 0 amide bonds. The average molecular weight is 375 g/mol. The first-order valence-corrected chi connectivity index (χ1v) is 10.4. The van der Waals surface area contributed by atoms with Crippen molar-refractivity contribution in [3.63, 3.8) is 0 Å². The van der Waals surface area contributed by atoms with Crippen LogP contribution in [0.2, 0.25) is 0 Å². The molecule has 1 saturated heterocycles. The van der Waals surface area contributed by atoms with E-state index in [0.717, 1.165) is 19.3 Å². The average Bonchev–Trinajstić information content (AvgIpc) is 2.96. The number of rotatable bonds is 15. The Labute approximate surface area is 157 Å². The van der Waals surface area contributed by atoms with E-state index in [2.05, 4.69) is 6.92 Å². The van der Waals surface area contributed by atoms with Gasteiger partial charge in [0.05, 0.1) is 13.2 Å². The Balaban J connectivity index is 2.01. The molecule has 6 nitrogen and oxygen atoms in total. The van der Waals surface area contributed by atoms with Crippen molar-refractivity contribution in [1.29, 1.82) is 0 Å². The lowest BCUT2D eigenvalue weighted by molar-refractivity contribution is -0.162. The Hall–Kier alpha value is -0.690. The predicted octanol–water partition coefficient (Wildman–Crippen LogP) is 2.71. The molecular weight excluding hydrogens is 336 g/mol. The van der Waals surface area contributed by atoms with Crippen LogP contribution in [0, 0.1) is 0 Å². The second-order valence-corrected chi connectivity index (χ2v) is 7.35. The molecule has 0 spiro atoms. The number of esters is 1.